The number of likely N-dealkylation sites (tertiary alicyclic amines) is 1. The summed E-state index contributed by atoms with van der Waals surface area (Å²) in [7, 11) is 1.68. The molecule has 1 aliphatic heterocycles. The van der Waals surface area contributed by atoms with Crippen LogP contribution >= 0.6 is 0 Å². The molecule has 1 aromatic rings. The van der Waals surface area contributed by atoms with Crippen LogP contribution in [0.1, 0.15) is 25.3 Å². The van der Waals surface area contributed by atoms with Gasteiger partial charge in [0, 0.05) is 25.7 Å². The Balaban J connectivity index is 1.98. The van der Waals surface area contributed by atoms with E-state index in [1.807, 2.05) is 30.3 Å². The Morgan fingerprint density at radius 1 is 1.28 bits per heavy atom. The van der Waals surface area contributed by atoms with E-state index in [4.69, 9.17) is 5.73 Å². The van der Waals surface area contributed by atoms with Crippen LogP contribution in [0, 0.1) is 0 Å². The molecule has 0 bridgehead atoms. The highest BCUT2D eigenvalue weighted by atomic mass is 16.2. The molecule has 8 heteroatoms. The maximum absolute atomic E-state index is 12.9. The number of nitrogens with zero attached hydrogens (tertiary/aromatic N) is 2. The van der Waals surface area contributed by atoms with E-state index < -0.39 is 6.04 Å². The number of hydrogen-bond donors (Lipinski definition) is 3. The van der Waals surface area contributed by atoms with Crippen molar-refractivity contribution in [2.24, 2.45) is 5.73 Å². The summed E-state index contributed by atoms with van der Waals surface area (Å²) in [5.74, 6) is -0.442. The Bertz CT molecular complexity index is 682. The fourth-order valence-corrected chi connectivity index (χ4v) is 3.69. The third-order valence-corrected chi connectivity index (χ3v) is 5.22. The molecule has 3 amide bonds. The average molecular weight is 404 g/mol. The molecule has 0 saturated carbocycles. The van der Waals surface area contributed by atoms with Crippen LogP contribution in [0.15, 0.2) is 30.3 Å². The molecular formula is C21H33N5O3. The first kappa shape index (κ1) is 22.8. The Labute approximate surface area is 172 Å². The van der Waals surface area contributed by atoms with Crippen LogP contribution in [0.4, 0.5) is 0 Å². The average Bonchev–Trinajstić information content (AvgIpc) is 3.18. The van der Waals surface area contributed by atoms with Gasteiger partial charge in [-0.1, -0.05) is 30.3 Å². The number of likely N-dealkylation sites (N-methyl/N-ethyl adjacent to an activating group) is 1. The zero-order chi connectivity index (χ0) is 21.2. The molecule has 2 rings (SSSR count). The first-order chi connectivity index (χ1) is 14.0. The molecule has 2 unspecified atom stereocenters. The molecule has 1 fully saturated rings. The molecular weight excluding hydrogens is 370 g/mol. The van der Waals surface area contributed by atoms with Crippen molar-refractivity contribution >= 4 is 17.7 Å². The summed E-state index contributed by atoms with van der Waals surface area (Å²) >= 11 is 0. The maximum atomic E-state index is 12.9. The molecule has 2 atom stereocenters. The van der Waals surface area contributed by atoms with Crippen molar-refractivity contribution in [3.8, 4) is 0 Å². The molecule has 1 aliphatic rings. The lowest BCUT2D eigenvalue weighted by Crippen LogP contribution is -2.53. The lowest BCUT2D eigenvalue weighted by Gasteiger charge is -2.32. The molecule has 0 aromatic heterocycles. The number of hydrogen-bond acceptors (Lipinski definition) is 5. The number of nitrogens with one attached hydrogen (secondary N) is 2. The lowest BCUT2D eigenvalue weighted by molar-refractivity contribution is -0.138. The molecule has 1 heterocycles. The molecule has 0 aliphatic carbocycles. The Hall–Kier alpha value is -2.45. The van der Waals surface area contributed by atoms with E-state index in [9.17, 15) is 14.4 Å². The van der Waals surface area contributed by atoms with Gasteiger partial charge in [0.15, 0.2) is 0 Å². The van der Waals surface area contributed by atoms with E-state index in [-0.39, 0.29) is 36.9 Å². The summed E-state index contributed by atoms with van der Waals surface area (Å²) in [6.07, 6.45) is 2.46. The zero-order valence-electron chi connectivity index (χ0n) is 17.4. The van der Waals surface area contributed by atoms with Crippen molar-refractivity contribution in [3.05, 3.63) is 35.9 Å². The SMILES string of the molecule is CNCC(=O)NC(C)C(=O)N1CCCC1CN(CCc1ccccc1)C(=O)CN. The van der Waals surface area contributed by atoms with Crippen LogP contribution in [0.5, 0.6) is 0 Å². The number of benzene rings is 1. The number of amides is 3. The molecule has 160 valence electrons. The molecule has 0 spiro atoms. The highest BCUT2D eigenvalue weighted by Gasteiger charge is 2.33. The second kappa shape index (κ2) is 11.5. The van der Waals surface area contributed by atoms with Gasteiger partial charge in [-0.15, -0.1) is 0 Å². The Morgan fingerprint density at radius 3 is 2.66 bits per heavy atom. The van der Waals surface area contributed by atoms with Gasteiger partial charge in [0.2, 0.25) is 17.7 Å². The zero-order valence-corrected chi connectivity index (χ0v) is 17.4. The van der Waals surface area contributed by atoms with E-state index in [2.05, 4.69) is 10.6 Å². The standard InChI is InChI=1S/C21H33N5O3/c1-16(24-19(27)14-23-2)21(29)26-11-6-9-18(26)15-25(20(28)13-22)12-10-17-7-4-3-5-8-17/h3-5,7-8,16,18,23H,6,9-15,22H2,1-2H3,(H,24,27). The van der Waals surface area contributed by atoms with Crippen molar-refractivity contribution in [1.82, 2.24) is 20.4 Å². The van der Waals surface area contributed by atoms with Crippen molar-refractivity contribution in [2.75, 3.05) is 39.8 Å². The van der Waals surface area contributed by atoms with Gasteiger partial charge in [-0.2, -0.15) is 0 Å². The monoisotopic (exact) mass is 403 g/mol. The Kier molecular flexibility index (Phi) is 9.08. The normalized spacial score (nSPS) is 17.1. The fourth-order valence-electron chi connectivity index (χ4n) is 3.69. The van der Waals surface area contributed by atoms with Gasteiger partial charge in [0.05, 0.1) is 13.1 Å². The molecule has 1 saturated heterocycles. The summed E-state index contributed by atoms with van der Waals surface area (Å²) in [5.41, 5.74) is 6.77. The predicted octanol–water partition coefficient (Wildman–Crippen LogP) is -0.268. The second-order valence-electron chi connectivity index (χ2n) is 7.43. The van der Waals surface area contributed by atoms with Crippen molar-refractivity contribution in [1.29, 1.82) is 0 Å². The number of carbonyl (C=O) groups excluding carboxylic acids is 3. The fraction of sp³-hybridized carbons (Fsp3) is 0.571. The van der Waals surface area contributed by atoms with Gasteiger partial charge < -0.3 is 26.2 Å². The predicted molar refractivity (Wildman–Crippen MR) is 112 cm³/mol. The number of rotatable bonds is 10. The van der Waals surface area contributed by atoms with E-state index in [0.29, 0.717) is 19.6 Å². The summed E-state index contributed by atoms with van der Waals surface area (Å²) in [6.45, 7) is 3.48. The van der Waals surface area contributed by atoms with Crippen LogP contribution in [0.3, 0.4) is 0 Å². The van der Waals surface area contributed by atoms with Gasteiger partial charge in [-0.3, -0.25) is 14.4 Å². The second-order valence-corrected chi connectivity index (χ2v) is 7.43. The number of carbonyl (C=O) groups is 3. The third-order valence-electron chi connectivity index (χ3n) is 5.22. The van der Waals surface area contributed by atoms with Crippen LogP contribution in [-0.4, -0.2) is 79.4 Å². The summed E-state index contributed by atoms with van der Waals surface area (Å²) in [4.78, 5) is 40.6. The topological polar surface area (TPSA) is 108 Å². The first-order valence-corrected chi connectivity index (χ1v) is 10.2. The van der Waals surface area contributed by atoms with Crippen molar-refractivity contribution in [3.63, 3.8) is 0 Å². The molecule has 4 N–H and O–H groups in total. The van der Waals surface area contributed by atoms with Crippen LogP contribution in [0.25, 0.3) is 0 Å². The van der Waals surface area contributed by atoms with Gasteiger partial charge in [0.25, 0.3) is 0 Å². The summed E-state index contributed by atoms with van der Waals surface area (Å²) < 4.78 is 0. The number of nitrogens with two attached hydrogens (primary N) is 1. The van der Waals surface area contributed by atoms with Crippen molar-refractivity contribution in [2.45, 2.75) is 38.3 Å². The van der Waals surface area contributed by atoms with Crippen LogP contribution in [-0.2, 0) is 20.8 Å². The van der Waals surface area contributed by atoms with Gasteiger partial charge in [-0.25, -0.2) is 0 Å². The minimum atomic E-state index is -0.598. The van der Waals surface area contributed by atoms with Gasteiger partial charge in [0.1, 0.15) is 6.04 Å². The molecule has 1 aromatic carbocycles. The van der Waals surface area contributed by atoms with E-state index in [0.717, 1.165) is 24.8 Å². The molecule has 8 nitrogen and oxygen atoms in total. The van der Waals surface area contributed by atoms with Crippen LogP contribution < -0.4 is 16.4 Å². The highest BCUT2D eigenvalue weighted by molar-refractivity contribution is 5.88. The van der Waals surface area contributed by atoms with E-state index >= 15 is 0 Å². The van der Waals surface area contributed by atoms with Gasteiger partial charge >= 0.3 is 0 Å². The summed E-state index contributed by atoms with van der Waals surface area (Å²) in [5, 5.41) is 5.49. The minimum Gasteiger partial charge on any atom is -0.343 e. The quantitative estimate of drug-likeness (QED) is 0.499. The largest absolute Gasteiger partial charge is 0.343 e. The van der Waals surface area contributed by atoms with Gasteiger partial charge in [-0.05, 0) is 38.8 Å². The van der Waals surface area contributed by atoms with Crippen LogP contribution in [0.2, 0.25) is 0 Å². The molecule has 0 radical (unpaired) electrons. The minimum absolute atomic E-state index is 0.0497. The maximum Gasteiger partial charge on any atom is 0.245 e. The lowest BCUT2D eigenvalue weighted by atomic mass is 10.1. The third kappa shape index (κ3) is 6.83. The van der Waals surface area contributed by atoms with Crippen molar-refractivity contribution < 1.29 is 14.4 Å². The smallest absolute Gasteiger partial charge is 0.245 e. The summed E-state index contributed by atoms with van der Waals surface area (Å²) in [6, 6.07) is 9.33. The highest BCUT2D eigenvalue weighted by Crippen LogP contribution is 2.20. The van der Waals surface area contributed by atoms with E-state index in [1.54, 1.807) is 23.8 Å². The van der Waals surface area contributed by atoms with E-state index in [1.165, 1.54) is 0 Å². The molecule has 29 heavy (non-hydrogen) atoms. The first-order valence-electron chi connectivity index (χ1n) is 10.2. The Morgan fingerprint density at radius 2 is 2.00 bits per heavy atom.